The number of aliphatic carboxylic acids is 1. The van der Waals surface area contributed by atoms with Gasteiger partial charge >= 0.3 is 12.0 Å². The highest BCUT2D eigenvalue weighted by molar-refractivity contribution is 7.94. The first-order valence-electron chi connectivity index (χ1n) is 7.06. The molecule has 0 radical (unpaired) electrons. The van der Waals surface area contributed by atoms with Crippen molar-refractivity contribution in [2.75, 3.05) is 5.75 Å². The first-order valence-corrected chi connectivity index (χ1v) is 8.78. The van der Waals surface area contributed by atoms with E-state index >= 15 is 0 Å². The van der Waals surface area contributed by atoms with Gasteiger partial charge in [-0.2, -0.15) is 0 Å². The van der Waals surface area contributed by atoms with Crippen LogP contribution in [0.1, 0.15) is 38.5 Å². The van der Waals surface area contributed by atoms with Gasteiger partial charge in [0.25, 0.3) is 0 Å². The van der Waals surface area contributed by atoms with Crippen molar-refractivity contribution in [2.24, 2.45) is 0 Å². The average Bonchev–Trinajstić information content (AvgIpc) is 2.61. The lowest BCUT2D eigenvalue weighted by atomic mass is 9.90. The van der Waals surface area contributed by atoms with Crippen LogP contribution in [0, 0.1) is 0 Å². The number of rotatable bonds is 3. The molecule has 1 heterocycles. The topological polar surface area (TPSA) is 113 Å². The van der Waals surface area contributed by atoms with Gasteiger partial charge in [-0.05, 0) is 18.9 Å². The first-order chi connectivity index (χ1) is 9.83. The molecule has 0 aromatic rings. The Bertz CT molecular complexity index is 547. The number of urea groups is 1. The zero-order chi connectivity index (χ0) is 15.5. The van der Waals surface area contributed by atoms with E-state index in [9.17, 15) is 23.1 Å². The zero-order valence-corrected chi connectivity index (χ0v) is 12.5. The van der Waals surface area contributed by atoms with E-state index in [1.165, 1.54) is 6.08 Å². The molecule has 1 atom stereocenters. The van der Waals surface area contributed by atoms with Crippen LogP contribution in [-0.4, -0.2) is 42.9 Å². The molecule has 1 unspecified atom stereocenters. The summed E-state index contributed by atoms with van der Waals surface area (Å²) in [6, 6.07) is -1.24. The summed E-state index contributed by atoms with van der Waals surface area (Å²) in [5, 5.41) is 15.6. The molecular weight excluding hydrogens is 296 g/mol. The predicted molar refractivity (Wildman–Crippen MR) is 76.5 cm³/mol. The minimum Gasteiger partial charge on any atom is -0.480 e. The van der Waals surface area contributed by atoms with Crippen molar-refractivity contribution in [3.63, 3.8) is 0 Å². The Kier molecular flexibility index (Phi) is 4.55. The van der Waals surface area contributed by atoms with E-state index in [0.29, 0.717) is 12.8 Å². The maximum Gasteiger partial charge on any atom is 0.329 e. The van der Waals surface area contributed by atoms with Crippen LogP contribution < -0.4 is 10.6 Å². The van der Waals surface area contributed by atoms with E-state index in [0.717, 1.165) is 31.1 Å². The third kappa shape index (κ3) is 3.96. The first kappa shape index (κ1) is 15.8. The van der Waals surface area contributed by atoms with Gasteiger partial charge < -0.3 is 15.7 Å². The van der Waals surface area contributed by atoms with E-state index in [1.54, 1.807) is 0 Å². The quantitative estimate of drug-likeness (QED) is 0.666. The average molecular weight is 316 g/mol. The Labute approximate surface area is 123 Å². The third-order valence-electron chi connectivity index (χ3n) is 3.97. The van der Waals surface area contributed by atoms with Crippen molar-refractivity contribution >= 4 is 21.8 Å². The molecule has 21 heavy (non-hydrogen) atoms. The standard InChI is InChI=1S/C13H20N2O5S/c16-11(17)13(6-3-1-2-4-7-13)15-12(18)14-10-5-8-21(19,20)9-10/h5,8,10H,1-4,6-7,9H2,(H,16,17)(H2,14,15,18). The molecule has 0 bridgehead atoms. The molecule has 0 aromatic heterocycles. The lowest BCUT2D eigenvalue weighted by Crippen LogP contribution is -2.58. The second-order valence-corrected chi connectivity index (χ2v) is 7.60. The molecule has 2 aliphatic rings. The number of amides is 2. The summed E-state index contributed by atoms with van der Waals surface area (Å²) in [6.45, 7) is 0. The highest BCUT2D eigenvalue weighted by Gasteiger charge is 2.40. The van der Waals surface area contributed by atoms with E-state index in [1.807, 2.05) is 0 Å². The van der Waals surface area contributed by atoms with Gasteiger partial charge in [0.05, 0.1) is 11.8 Å². The Morgan fingerprint density at radius 1 is 1.14 bits per heavy atom. The van der Waals surface area contributed by atoms with Crippen LogP contribution in [-0.2, 0) is 14.6 Å². The molecule has 0 aromatic carbocycles. The number of carbonyl (C=O) groups excluding carboxylic acids is 1. The van der Waals surface area contributed by atoms with Gasteiger partial charge in [0.1, 0.15) is 5.54 Å². The molecule has 3 N–H and O–H groups in total. The second-order valence-electron chi connectivity index (χ2n) is 5.66. The van der Waals surface area contributed by atoms with Crippen LogP contribution in [0.3, 0.4) is 0 Å². The van der Waals surface area contributed by atoms with E-state index in [4.69, 9.17) is 0 Å². The Hall–Kier alpha value is -1.57. The van der Waals surface area contributed by atoms with Crippen molar-refractivity contribution in [2.45, 2.75) is 50.1 Å². The molecule has 7 nitrogen and oxygen atoms in total. The lowest BCUT2D eigenvalue weighted by Gasteiger charge is -2.29. The van der Waals surface area contributed by atoms with Gasteiger partial charge in [-0.1, -0.05) is 25.7 Å². The van der Waals surface area contributed by atoms with E-state index in [2.05, 4.69) is 10.6 Å². The highest BCUT2D eigenvalue weighted by atomic mass is 32.2. The molecule has 2 rings (SSSR count). The molecule has 0 spiro atoms. The lowest BCUT2D eigenvalue weighted by molar-refractivity contribution is -0.145. The number of carboxylic acid groups (broad SMARTS) is 1. The summed E-state index contributed by atoms with van der Waals surface area (Å²) in [4.78, 5) is 23.5. The van der Waals surface area contributed by atoms with Crippen molar-refractivity contribution in [1.29, 1.82) is 0 Å². The summed E-state index contributed by atoms with van der Waals surface area (Å²) in [7, 11) is -3.25. The van der Waals surface area contributed by atoms with Crippen molar-refractivity contribution < 1.29 is 23.1 Å². The SMILES string of the molecule is O=C(NC1C=CS(=O)(=O)C1)NC1(C(=O)O)CCCCCC1. The maximum absolute atomic E-state index is 12.0. The number of carboxylic acids is 1. The van der Waals surface area contributed by atoms with Crippen LogP contribution in [0.5, 0.6) is 0 Å². The molecule has 0 saturated heterocycles. The summed E-state index contributed by atoms with van der Waals surface area (Å²) >= 11 is 0. The molecule has 118 valence electrons. The smallest absolute Gasteiger partial charge is 0.329 e. The van der Waals surface area contributed by atoms with Crippen LogP contribution in [0.2, 0.25) is 0 Å². The molecular formula is C13H20N2O5S. The van der Waals surface area contributed by atoms with Crippen LogP contribution in [0.15, 0.2) is 11.5 Å². The summed E-state index contributed by atoms with van der Waals surface area (Å²) in [5.74, 6) is -1.21. The molecule has 1 saturated carbocycles. The van der Waals surface area contributed by atoms with Gasteiger partial charge in [0.15, 0.2) is 9.84 Å². The largest absolute Gasteiger partial charge is 0.480 e. The van der Waals surface area contributed by atoms with Crippen molar-refractivity contribution in [3.05, 3.63) is 11.5 Å². The minimum atomic E-state index is -3.25. The highest BCUT2D eigenvalue weighted by Crippen LogP contribution is 2.27. The molecule has 2 amide bonds. The molecule has 1 fully saturated rings. The van der Waals surface area contributed by atoms with Gasteiger partial charge in [0.2, 0.25) is 0 Å². The summed E-state index contributed by atoms with van der Waals surface area (Å²) < 4.78 is 22.6. The maximum atomic E-state index is 12.0. The van der Waals surface area contributed by atoms with E-state index in [-0.39, 0.29) is 5.75 Å². The van der Waals surface area contributed by atoms with Crippen LogP contribution in [0.4, 0.5) is 4.79 Å². The summed E-state index contributed by atoms with van der Waals surface area (Å²) in [5.41, 5.74) is -1.25. The Balaban J connectivity index is 1.99. The van der Waals surface area contributed by atoms with Crippen LogP contribution in [0.25, 0.3) is 0 Å². The van der Waals surface area contributed by atoms with Crippen LogP contribution >= 0.6 is 0 Å². The summed E-state index contributed by atoms with van der Waals surface area (Å²) in [6.07, 6.45) is 5.62. The number of hydrogen-bond acceptors (Lipinski definition) is 4. The van der Waals surface area contributed by atoms with Gasteiger partial charge in [-0.3, -0.25) is 0 Å². The fourth-order valence-corrected chi connectivity index (χ4v) is 4.05. The second kappa shape index (κ2) is 6.05. The fourth-order valence-electron chi connectivity index (χ4n) is 2.81. The number of carbonyl (C=O) groups is 2. The predicted octanol–water partition coefficient (Wildman–Crippen LogP) is 0.774. The zero-order valence-electron chi connectivity index (χ0n) is 11.7. The number of hydrogen-bond donors (Lipinski definition) is 3. The number of nitrogens with one attached hydrogen (secondary N) is 2. The molecule has 1 aliphatic carbocycles. The monoisotopic (exact) mass is 316 g/mol. The fraction of sp³-hybridized carbons (Fsp3) is 0.692. The molecule has 1 aliphatic heterocycles. The van der Waals surface area contributed by atoms with Gasteiger partial charge in [-0.25, -0.2) is 18.0 Å². The third-order valence-corrected chi connectivity index (χ3v) is 5.36. The van der Waals surface area contributed by atoms with Gasteiger partial charge in [-0.15, -0.1) is 0 Å². The van der Waals surface area contributed by atoms with Crippen molar-refractivity contribution in [3.8, 4) is 0 Å². The number of sulfone groups is 1. The van der Waals surface area contributed by atoms with Gasteiger partial charge in [0, 0.05) is 5.41 Å². The molecule has 8 heteroatoms. The Morgan fingerprint density at radius 3 is 2.24 bits per heavy atom. The Morgan fingerprint density at radius 2 is 1.76 bits per heavy atom. The van der Waals surface area contributed by atoms with E-state index < -0.39 is 33.4 Å². The minimum absolute atomic E-state index is 0.180. The normalized spacial score (nSPS) is 26.8. The van der Waals surface area contributed by atoms with Crippen molar-refractivity contribution in [1.82, 2.24) is 10.6 Å².